The first-order chi connectivity index (χ1) is 12.2. The normalized spacial score (nSPS) is 16.5. The highest BCUT2D eigenvalue weighted by atomic mass is 35.5. The maximum atomic E-state index is 12.2. The zero-order valence-corrected chi connectivity index (χ0v) is 16.2. The van der Waals surface area contributed by atoms with E-state index >= 15 is 0 Å². The Kier molecular flexibility index (Phi) is 7.65. The van der Waals surface area contributed by atoms with Crippen LogP contribution in [0.5, 0.6) is 11.5 Å². The number of amides is 1. The van der Waals surface area contributed by atoms with Crippen molar-refractivity contribution >= 4 is 34.8 Å². The van der Waals surface area contributed by atoms with E-state index in [1.54, 1.807) is 14.2 Å². The number of methoxy groups -OCH3 is 2. The van der Waals surface area contributed by atoms with Crippen LogP contribution in [-0.2, 0) is 9.53 Å². The van der Waals surface area contributed by atoms with Crippen molar-refractivity contribution in [2.45, 2.75) is 12.5 Å². The van der Waals surface area contributed by atoms with Gasteiger partial charge in [-0.05, 0) is 18.2 Å². The van der Waals surface area contributed by atoms with Gasteiger partial charge in [-0.2, -0.15) is 0 Å². The van der Waals surface area contributed by atoms with Gasteiger partial charge in [0.1, 0.15) is 11.5 Å². The highest BCUT2D eigenvalue weighted by Crippen LogP contribution is 2.35. The SMILES string of the molecule is COc1ccc(OC)c(-c2csc(NC(=O)CC3COCCN3)n2)c1.Cl. The molecule has 1 aromatic heterocycles. The third-order valence-corrected chi connectivity index (χ3v) is 4.62. The lowest BCUT2D eigenvalue weighted by Crippen LogP contribution is -2.43. The fraction of sp³-hybridized carbons (Fsp3) is 0.412. The van der Waals surface area contributed by atoms with E-state index in [1.807, 2.05) is 23.6 Å². The van der Waals surface area contributed by atoms with E-state index in [0.29, 0.717) is 30.5 Å². The molecule has 0 aliphatic carbocycles. The van der Waals surface area contributed by atoms with Gasteiger partial charge < -0.3 is 24.8 Å². The number of halogens is 1. The van der Waals surface area contributed by atoms with E-state index in [9.17, 15) is 4.79 Å². The van der Waals surface area contributed by atoms with Gasteiger partial charge in [-0.3, -0.25) is 4.79 Å². The zero-order valence-electron chi connectivity index (χ0n) is 14.6. The number of hydrogen-bond donors (Lipinski definition) is 2. The number of morpholine rings is 1. The van der Waals surface area contributed by atoms with Crippen LogP contribution in [-0.4, -0.2) is 50.9 Å². The van der Waals surface area contributed by atoms with Crippen LogP contribution in [0.1, 0.15) is 6.42 Å². The van der Waals surface area contributed by atoms with E-state index < -0.39 is 0 Å². The van der Waals surface area contributed by atoms with Crippen LogP contribution in [0.2, 0.25) is 0 Å². The van der Waals surface area contributed by atoms with Crippen LogP contribution >= 0.6 is 23.7 Å². The van der Waals surface area contributed by atoms with Gasteiger partial charge in [0, 0.05) is 30.0 Å². The van der Waals surface area contributed by atoms with Gasteiger partial charge >= 0.3 is 0 Å². The molecule has 1 saturated heterocycles. The Bertz CT molecular complexity index is 735. The lowest BCUT2D eigenvalue weighted by Gasteiger charge is -2.22. The molecule has 7 nitrogen and oxygen atoms in total. The molecule has 1 aliphatic heterocycles. The average molecular weight is 400 g/mol. The van der Waals surface area contributed by atoms with Crippen molar-refractivity contribution in [1.82, 2.24) is 10.3 Å². The van der Waals surface area contributed by atoms with Crippen molar-refractivity contribution in [1.29, 1.82) is 0 Å². The Morgan fingerprint density at radius 2 is 2.27 bits per heavy atom. The van der Waals surface area contributed by atoms with E-state index in [0.717, 1.165) is 23.6 Å². The third kappa shape index (κ3) is 5.07. The Balaban J connectivity index is 0.00000243. The second-order valence-electron chi connectivity index (χ2n) is 5.58. The first-order valence-corrected chi connectivity index (χ1v) is 8.86. The molecule has 142 valence electrons. The highest BCUT2D eigenvalue weighted by Gasteiger charge is 2.18. The van der Waals surface area contributed by atoms with Crippen LogP contribution < -0.4 is 20.1 Å². The number of carbonyl (C=O) groups is 1. The summed E-state index contributed by atoms with van der Waals surface area (Å²) < 4.78 is 16.0. The number of hydrogen-bond acceptors (Lipinski definition) is 7. The molecular formula is C17H22ClN3O4S. The van der Waals surface area contributed by atoms with Gasteiger partial charge in [-0.1, -0.05) is 0 Å². The molecule has 2 aromatic rings. The molecule has 3 rings (SSSR count). The molecule has 0 saturated carbocycles. The molecule has 1 fully saturated rings. The van der Waals surface area contributed by atoms with E-state index in [-0.39, 0.29) is 24.4 Å². The fourth-order valence-electron chi connectivity index (χ4n) is 2.61. The maximum absolute atomic E-state index is 12.2. The standard InChI is InChI=1S/C17H21N3O4S.ClH/c1-22-12-3-4-15(23-2)13(8-12)14-10-25-17(19-14)20-16(21)7-11-9-24-6-5-18-11;/h3-4,8,10-11,18H,5-7,9H2,1-2H3,(H,19,20,21);1H. The van der Waals surface area contributed by atoms with Crippen LogP contribution in [0.15, 0.2) is 23.6 Å². The summed E-state index contributed by atoms with van der Waals surface area (Å²) in [5.74, 6) is 1.34. The number of ether oxygens (including phenoxy) is 3. The second-order valence-corrected chi connectivity index (χ2v) is 6.44. The first-order valence-electron chi connectivity index (χ1n) is 7.98. The third-order valence-electron chi connectivity index (χ3n) is 3.86. The van der Waals surface area contributed by atoms with Crippen molar-refractivity contribution in [3.63, 3.8) is 0 Å². The number of carbonyl (C=O) groups excluding carboxylic acids is 1. The van der Waals surface area contributed by atoms with Gasteiger partial charge in [0.05, 0.1) is 33.1 Å². The molecule has 1 aliphatic rings. The second kappa shape index (κ2) is 9.72. The molecule has 2 N–H and O–H groups in total. The first kappa shape index (κ1) is 20.4. The molecule has 0 bridgehead atoms. The minimum absolute atomic E-state index is 0. The smallest absolute Gasteiger partial charge is 0.227 e. The number of anilines is 1. The summed E-state index contributed by atoms with van der Waals surface area (Å²) in [6, 6.07) is 5.58. The van der Waals surface area contributed by atoms with Crippen LogP contribution in [0, 0.1) is 0 Å². The Hall–Kier alpha value is -1.87. The predicted molar refractivity (Wildman–Crippen MR) is 104 cm³/mol. The van der Waals surface area contributed by atoms with Crippen LogP contribution in [0.3, 0.4) is 0 Å². The van der Waals surface area contributed by atoms with Crippen molar-refractivity contribution in [2.75, 3.05) is 39.3 Å². The summed E-state index contributed by atoms with van der Waals surface area (Å²) >= 11 is 1.38. The van der Waals surface area contributed by atoms with Gasteiger partial charge in [0.15, 0.2) is 5.13 Å². The molecule has 26 heavy (non-hydrogen) atoms. The van der Waals surface area contributed by atoms with Gasteiger partial charge in [0.25, 0.3) is 0 Å². The highest BCUT2D eigenvalue weighted by molar-refractivity contribution is 7.14. The Labute approximate surface area is 162 Å². The predicted octanol–water partition coefficient (Wildman–Crippen LogP) is 2.57. The molecule has 1 atom stereocenters. The molecular weight excluding hydrogens is 378 g/mol. The number of thiazole rings is 1. The summed E-state index contributed by atoms with van der Waals surface area (Å²) in [6.07, 6.45) is 0.359. The summed E-state index contributed by atoms with van der Waals surface area (Å²) in [7, 11) is 3.22. The molecule has 0 radical (unpaired) electrons. The number of rotatable bonds is 6. The number of aromatic nitrogens is 1. The van der Waals surface area contributed by atoms with E-state index in [4.69, 9.17) is 14.2 Å². The van der Waals surface area contributed by atoms with Crippen molar-refractivity contribution in [3.05, 3.63) is 23.6 Å². The lowest BCUT2D eigenvalue weighted by molar-refractivity contribution is -0.117. The molecule has 1 amide bonds. The summed E-state index contributed by atoms with van der Waals surface area (Å²) in [6.45, 7) is 2.02. The largest absolute Gasteiger partial charge is 0.497 e. The van der Waals surface area contributed by atoms with Gasteiger partial charge in [0.2, 0.25) is 5.91 Å². The Morgan fingerprint density at radius 1 is 1.42 bits per heavy atom. The van der Waals surface area contributed by atoms with Crippen molar-refractivity contribution in [3.8, 4) is 22.8 Å². The monoisotopic (exact) mass is 399 g/mol. The van der Waals surface area contributed by atoms with Crippen LogP contribution in [0.25, 0.3) is 11.3 Å². The Morgan fingerprint density at radius 3 is 2.96 bits per heavy atom. The summed E-state index contributed by atoms with van der Waals surface area (Å²) in [5, 5.41) is 8.55. The van der Waals surface area contributed by atoms with Crippen LogP contribution in [0.4, 0.5) is 5.13 Å². The fourth-order valence-corrected chi connectivity index (χ4v) is 3.34. The van der Waals surface area contributed by atoms with Crippen molar-refractivity contribution in [2.24, 2.45) is 0 Å². The molecule has 2 heterocycles. The zero-order chi connectivity index (χ0) is 17.6. The van der Waals surface area contributed by atoms with E-state index in [1.165, 1.54) is 11.3 Å². The number of benzene rings is 1. The molecule has 0 spiro atoms. The van der Waals surface area contributed by atoms with Gasteiger partial charge in [-0.25, -0.2) is 4.98 Å². The minimum atomic E-state index is -0.0819. The molecule has 1 aromatic carbocycles. The maximum Gasteiger partial charge on any atom is 0.227 e. The number of nitrogens with zero attached hydrogens (tertiary/aromatic N) is 1. The molecule has 1 unspecified atom stereocenters. The van der Waals surface area contributed by atoms with E-state index in [2.05, 4.69) is 15.6 Å². The summed E-state index contributed by atoms with van der Waals surface area (Å²) in [4.78, 5) is 16.7. The number of nitrogens with one attached hydrogen (secondary N) is 2. The lowest BCUT2D eigenvalue weighted by atomic mass is 10.1. The quantitative estimate of drug-likeness (QED) is 0.776. The van der Waals surface area contributed by atoms with Crippen molar-refractivity contribution < 1.29 is 19.0 Å². The minimum Gasteiger partial charge on any atom is -0.497 e. The average Bonchev–Trinajstić information content (AvgIpc) is 3.10. The molecule has 9 heteroatoms. The van der Waals surface area contributed by atoms with Gasteiger partial charge in [-0.15, -0.1) is 23.7 Å². The topological polar surface area (TPSA) is 81.7 Å². The summed E-state index contributed by atoms with van der Waals surface area (Å²) in [5.41, 5.74) is 1.55.